The zero-order valence-corrected chi connectivity index (χ0v) is 6.56. The Labute approximate surface area is 64.8 Å². The van der Waals surface area contributed by atoms with Crippen molar-refractivity contribution in [3.63, 3.8) is 0 Å². The van der Waals surface area contributed by atoms with Crippen LogP contribution in [-0.2, 0) is 0 Å². The number of β-amino-alcohol motifs (C(OH)–C–C–N with tert-alkyl or cyclic N) is 1. The predicted molar refractivity (Wildman–Crippen MR) is 37.7 cm³/mol. The van der Waals surface area contributed by atoms with Gasteiger partial charge in [-0.15, -0.1) is 0 Å². The van der Waals surface area contributed by atoms with Crippen molar-refractivity contribution in [2.24, 2.45) is 0 Å². The largest absolute Gasteiger partial charge is 0.387 e. The summed E-state index contributed by atoms with van der Waals surface area (Å²) in [5.74, 6) is 0. The molecule has 0 spiro atoms. The number of aliphatic hydroxyl groups is 1. The molecule has 0 saturated carbocycles. The maximum Gasteiger partial charge on any atom is 0.251 e. The van der Waals surface area contributed by atoms with E-state index in [1.54, 1.807) is 4.90 Å². The van der Waals surface area contributed by atoms with Crippen LogP contribution in [0.4, 0.5) is 8.78 Å². The number of hydrogen-bond acceptors (Lipinski definition) is 2. The van der Waals surface area contributed by atoms with Crippen molar-refractivity contribution < 1.29 is 13.9 Å². The van der Waals surface area contributed by atoms with Crippen LogP contribution in [0.2, 0.25) is 0 Å². The molecule has 0 aromatic carbocycles. The zero-order valence-electron chi connectivity index (χ0n) is 6.56. The molecule has 0 aliphatic carbocycles. The molecule has 11 heavy (non-hydrogen) atoms. The van der Waals surface area contributed by atoms with Gasteiger partial charge in [0.05, 0.1) is 12.1 Å². The first-order valence-electron chi connectivity index (χ1n) is 3.78. The lowest BCUT2D eigenvalue weighted by molar-refractivity contribution is -0.113. The minimum absolute atomic E-state index is 0.206. The molecular formula is C7H13F2NO. The summed E-state index contributed by atoms with van der Waals surface area (Å²) in [4.78, 5) is 1.56. The first-order valence-corrected chi connectivity index (χ1v) is 3.78. The van der Waals surface area contributed by atoms with Gasteiger partial charge in [0.1, 0.15) is 0 Å². The summed E-state index contributed by atoms with van der Waals surface area (Å²) in [7, 11) is 0. The van der Waals surface area contributed by atoms with E-state index < -0.39 is 12.0 Å². The van der Waals surface area contributed by atoms with Crippen LogP contribution in [0.15, 0.2) is 0 Å². The lowest BCUT2D eigenvalue weighted by atomic mass is 9.91. The molecule has 2 nitrogen and oxygen atoms in total. The number of alkyl halides is 2. The number of nitrogens with zero attached hydrogens (tertiary/aromatic N) is 1. The first kappa shape index (κ1) is 8.87. The van der Waals surface area contributed by atoms with E-state index in [4.69, 9.17) is 0 Å². The molecule has 0 radical (unpaired) electrons. The van der Waals surface area contributed by atoms with Gasteiger partial charge in [0, 0.05) is 13.1 Å². The van der Waals surface area contributed by atoms with E-state index in [1.165, 1.54) is 0 Å². The lowest BCUT2D eigenvalue weighted by Gasteiger charge is -2.45. The molecule has 1 aliphatic rings. The quantitative estimate of drug-likeness (QED) is 0.665. The molecule has 1 heterocycles. The van der Waals surface area contributed by atoms with Gasteiger partial charge in [0.25, 0.3) is 6.43 Å². The average molecular weight is 165 g/mol. The van der Waals surface area contributed by atoms with E-state index >= 15 is 0 Å². The summed E-state index contributed by atoms with van der Waals surface area (Å²) in [6.07, 6.45) is -1.64. The van der Waals surface area contributed by atoms with Gasteiger partial charge in [-0.3, -0.25) is 4.90 Å². The van der Waals surface area contributed by atoms with Gasteiger partial charge >= 0.3 is 0 Å². The average Bonchev–Trinajstić information content (AvgIpc) is 1.83. The fourth-order valence-corrected chi connectivity index (χ4v) is 1.33. The summed E-state index contributed by atoms with van der Waals surface area (Å²) in [5.41, 5.74) is -0.686. The fourth-order valence-electron chi connectivity index (χ4n) is 1.33. The second-order valence-corrected chi connectivity index (χ2v) is 3.14. The maximum absolute atomic E-state index is 11.7. The van der Waals surface area contributed by atoms with E-state index in [-0.39, 0.29) is 6.54 Å². The maximum atomic E-state index is 11.7. The van der Waals surface area contributed by atoms with Crippen LogP contribution < -0.4 is 0 Å². The topological polar surface area (TPSA) is 23.5 Å². The second kappa shape index (κ2) is 3.03. The summed E-state index contributed by atoms with van der Waals surface area (Å²) in [6, 6.07) is 0. The highest BCUT2D eigenvalue weighted by Crippen LogP contribution is 2.24. The number of rotatable bonds is 3. The van der Waals surface area contributed by atoms with Crippen molar-refractivity contribution in [1.29, 1.82) is 0 Å². The van der Waals surface area contributed by atoms with E-state index in [0.717, 1.165) is 0 Å². The van der Waals surface area contributed by atoms with Crippen molar-refractivity contribution in [2.75, 3.05) is 19.6 Å². The minimum Gasteiger partial charge on any atom is -0.387 e. The van der Waals surface area contributed by atoms with Gasteiger partial charge in [-0.2, -0.15) is 0 Å². The third-order valence-corrected chi connectivity index (χ3v) is 2.09. The molecule has 0 unspecified atom stereocenters. The molecule has 1 aliphatic heterocycles. The zero-order chi connectivity index (χ0) is 8.48. The van der Waals surface area contributed by atoms with Crippen molar-refractivity contribution in [1.82, 2.24) is 4.90 Å². The summed E-state index contributed by atoms with van der Waals surface area (Å²) in [5, 5.41) is 9.42. The molecule has 1 saturated heterocycles. The van der Waals surface area contributed by atoms with Gasteiger partial charge in [-0.1, -0.05) is 6.92 Å². The molecule has 66 valence electrons. The highest BCUT2D eigenvalue weighted by Gasteiger charge is 2.39. The first-order chi connectivity index (χ1) is 5.06. The highest BCUT2D eigenvalue weighted by atomic mass is 19.3. The Balaban J connectivity index is 2.18. The number of halogens is 2. The molecule has 1 rings (SSSR count). The van der Waals surface area contributed by atoms with Gasteiger partial charge in [-0.25, -0.2) is 8.78 Å². The molecule has 0 aromatic heterocycles. The number of likely N-dealkylation sites (tertiary alicyclic amines) is 1. The third kappa shape index (κ3) is 2.10. The summed E-state index contributed by atoms with van der Waals surface area (Å²) >= 11 is 0. The minimum atomic E-state index is -2.28. The van der Waals surface area contributed by atoms with E-state index in [2.05, 4.69) is 0 Å². The SMILES string of the molecule is CCC1(O)CN(CC(F)F)C1. The molecule has 1 fully saturated rings. The molecule has 4 heteroatoms. The molecule has 0 atom stereocenters. The summed E-state index contributed by atoms with van der Waals surface area (Å²) in [6.45, 7) is 2.45. The number of hydrogen-bond donors (Lipinski definition) is 1. The standard InChI is InChI=1S/C7H13F2NO/c1-2-7(11)4-10(5-7)3-6(8)9/h6,11H,2-5H2,1H3. The Morgan fingerprint density at radius 2 is 2.09 bits per heavy atom. The van der Waals surface area contributed by atoms with Crippen LogP contribution in [0.5, 0.6) is 0 Å². The van der Waals surface area contributed by atoms with Crippen LogP contribution in [0.1, 0.15) is 13.3 Å². The lowest BCUT2D eigenvalue weighted by Crippen LogP contribution is -2.62. The van der Waals surface area contributed by atoms with Crippen molar-refractivity contribution in [3.8, 4) is 0 Å². The van der Waals surface area contributed by atoms with E-state index in [1.807, 2.05) is 6.92 Å². The highest BCUT2D eigenvalue weighted by molar-refractivity contribution is 4.94. The molecule has 0 aromatic rings. The van der Waals surface area contributed by atoms with Crippen molar-refractivity contribution >= 4 is 0 Å². The Bertz CT molecular complexity index is 134. The second-order valence-electron chi connectivity index (χ2n) is 3.14. The fraction of sp³-hybridized carbons (Fsp3) is 1.00. The molecule has 1 N–H and O–H groups in total. The summed E-state index contributed by atoms with van der Waals surface area (Å²) < 4.78 is 23.5. The van der Waals surface area contributed by atoms with Gasteiger partial charge in [0.2, 0.25) is 0 Å². The van der Waals surface area contributed by atoms with Gasteiger partial charge < -0.3 is 5.11 Å². The normalized spacial score (nSPS) is 23.7. The van der Waals surface area contributed by atoms with Gasteiger partial charge in [0.15, 0.2) is 0 Å². The Morgan fingerprint density at radius 3 is 2.45 bits per heavy atom. The van der Waals surface area contributed by atoms with Crippen LogP contribution in [0, 0.1) is 0 Å². The van der Waals surface area contributed by atoms with Crippen LogP contribution in [0.25, 0.3) is 0 Å². The van der Waals surface area contributed by atoms with Crippen molar-refractivity contribution in [3.05, 3.63) is 0 Å². The van der Waals surface area contributed by atoms with E-state index in [0.29, 0.717) is 19.5 Å². The molecule has 0 amide bonds. The molecule has 0 bridgehead atoms. The third-order valence-electron chi connectivity index (χ3n) is 2.09. The van der Waals surface area contributed by atoms with Crippen molar-refractivity contribution in [2.45, 2.75) is 25.4 Å². The molecular weight excluding hydrogens is 152 g/mol. The Hall–Kier alpha value is -0.220. The Kier molecular flexibility index (Phi) is 2.44. The predicted octanol–water partition coefficient (Wildman–Crippen LogP) is 0.708. The van der Waals surface area contributed by atoms with Crippen LogP contribution in [-0.4, -0.2) is 41.7 Å². The van der Waals surface area contributed by atoms with Crippen LogP contribution >= 0.6 is 0 Å². The smallest absolute Gasteiger partial charge is 0.251 e. The Morgan fingerprint density at radius 1 is 1.55 bits per heavy atom. The monoisotopic (exact) mass is 165 g/mol. The van der Waals surface area contributed by atoms with Crippen LogP contribution in [0.3, 0.4) is 0 Å². The van der Waals surface area contributed by atoms with Gasteiger partial charge in [-0.05, 0) is 6.42 Å². The van der Waals surface area contributed by atoms with E-state index in [9.17, 15) is 13.9 Å².